The number of hydrogen-bond acceptors (Lipinski definition) is 4. The molecule has 0 aromatic heterocycles. The molecule has 0 bridgehead atoms. The maximum Gasteiger partial charge on any atom is 0.317 e. The van der Waals surface area contributed by atoms with Crippen molar-refractivity contribution in [3.63, 3.8) is 0 Å². The SMILES string of the molecule is Cc1ccc(S(=O)(=O)NCC(C)CCC(C)(C)OC2CN(C(=O)NCC(C)C)C2)cc1. The predicted molar refractivity (Wildman–Crippen MR) is 124 cm³/mol. The Bertz CT molecular complexity index is 816. The van der Waals surface area contributed by atoms with E-state index in [-0.39, 0.29) is 23.7 Å². The second-order valence-corrected chi connectivity index (χ2v) is 11.6. The molecule has 2 N–H and O–H groups in total. The van der Waals surface area contributed by atoms with Crippen molar-refractivity contribution in [3.8, 4) is 0 Å². The molecule has 1 aliphatic heterocycles. The molecule has 2 amide bonds. The number of nitrogens with zero attached hydrogens (tertiary/aromatic N) is 1. The van der Waals surface area contributed by atoms with Gasteiger partial charge in [-0.15, -0.1) is 0 Å². The fourth-order valence-corrected chi connectivity index (χ4v) is 4.51. The van der Waals surface area contributed by atoms with Crippen molar-refractivity contribution in [2.45, 2.75) is 71.0 Å². The van der Waals surface area contributed by atoms with Crippen molar-refractivity contribution in [3.05, 3.63) is 29.8 Å². The molecule has 1 aromatic carbocycles. The van der Waals surface area contributed by atoms with Crippen LogP contribution in [0.3, 0.4) is 0 Å². The lowest BCUT2D eigenvalue weighted by Crippen LogP contribution is -2.59. The molecule has 1 saturated heterocycles. The van der Waals surface area contributed by atoms with Gasteiger partial charge in [0.25, 0.3) is 0 Å². The molecule has 0 spiro atoms. The van der Waals surface area contributed by atoms with Crippen molar-refractivity contribution in [1.82, 2.24) is 14.9 Å². The Morgan fingerprint density at radius 2 is 1.77 bits per heavy atom. The fraction of sp³-hybridized carbons (Fsp3) is 0.696. The first kappa shape index (κ1) is 25.6. The van der Waals surface area contributed by atoms with Gasteiger partial charge in [0.15, 0.2) is 0 Å². The standard InChI is InChI=1S/C23H39N3O4S/c1-17(2)13-24-22(27)26-15-20(16-26)30-23(5,6)12-11-19(4)14-25-31(28,29)21-9-7-18(3)8-10-21/h7-10,17,19-20,25H,11-16H2,1-6H3,(H,24,27). The maximum absolute atomic E-state index is 12.4. The summed E-state index contributed by atoms with van der Waals surface area (Å²) in [4.78, 5) is 14.1. The van der Waals surface area contributed by atoms with Gasteiger partial charge in [-0.1, -0.05) is 38.5 Å². The minimum absolute atomic E-state index is 0.0270. The van der Waals surface area contributed by atoms with Crippen molar-refractivity contribution in [1.29, 1.82) is 0 Å². The van der Waals surface area contributed by atoms with Crippen molar-refractivity contribution >= 4 is 16.1 Å². The average molecular weight is 454 g/mol. The van der Waals surface area contributed by atoms with Gasteiger partial charge in [-0.3, -0.25) is 0 Å². The maximum atomic E-state index is 12.4. The van der Waals surface area contributed by atoms with E-state index in [2.05, 4.69) is 37.7 Å². The zero-order valence-electron chi connectivity index (χ0n) is 19.8. The molecule has 1 heterocycles. The molecular formula is C23H39N3O4S. The van der Waals surface area contributed by atoms with Gasteiger partial charge < -0.3 is 15.0 Å². The first-order valence-electron chi connectivity index (χ1n) is 11.1. The van der Waals surface area contributed by atoms with E-state index in [1.165, 1.54) is 0 Å². The molecule has 1 unspecified atom stereocenters. The molecule has 1 aliphatic rings. The van der Waals surface area contributed by atoms with Gasteiger partial charge in [-0.25, -0.2) is 17.9 Å². The third-order valence-corrected chi connectivity index (χ3v) is 6.91. The normalized spacial score (nSPS) is 16.3. The zero-order chi connectivity index (χ0) is 23.2. The third kappa shape index (κ3) is 8.43. The van der Waals surface area contributed by atoms with E-state index in [0.717, 1.165) is 18.4 Å². The Morgan fingerprint density at radius 3 is 2.35 bits per heavy atom. The number of nitrogens with one attached hydrogen (secondary N) is 2. The third-order valence-electron chi connectivity index (χ3n) is 5.47. The molecule has 1 fully saturated rings. The first-order chi connectivity index (χ1) is 14.4. The molecule has 2 rings (SSSR count). The molecule has 7 nitrogen and oxygen atoms in total. The van der Waals surface area contributed by atoms with Crippen LogP contribution in [0.4, 0.5) is 4.79 Å². The Labute approximate surface area is 188 Å². The lowest BCUT2D eigenvalue weighted by atomic mass is 9.95. The minimum atomic E-state index is -3.49. The highest BCUT2D eigenvalue weighted by Gasteiger charge is 2.35. The van der Waals surface area contributed by atoms with Crippen molar-refractivity contribution in [2.75, 3.05) is 26.2 Å². The molecule has 1 atom stereocenters. The van der Waals surface area contributed by atoms with Crippen LogP contribution in [0.25, 0.3) is 0 Å². The average Bonchev–Trinajstić information content (AvgIpc) is 2.66. The molecule has 0 radical (unpaired) electrons. The highest BCUT2D eigenvalue weighted by molar-refractivity contribution is 7.89. The Kier molecular flexibility index (Phi) is 8.92. The number of likely N-dealkylation sites (tertiary alicyclic amines) is 1. The van der Waals surface area contributed by atoms with E-state index in [9.17, 15) is 13.2 Å². The van der Waals surface area contributed by atoms with Gasteiger partial charge in [0.1, 0.15) is 0 Å². The van der Waals surface area contributed by atoms with Crippen LogP contribution in [-0.2, 0) is 14.8 Å². The van der Waals surface area contributed by atoms with Crippen LogP contribution in [-0.4, -0.2) is 57.2 Å². The number of benzene rings is 1. The first-order valence-corrected chi connectivity index (χ1v) is 12.6. The fourth-order valence-electron chi connectivity index (χ4n) is 3.34. The summed E-state index contributed by atoms with van der Waals surface area (Å²) in [6, 6.07) is 6.83. The summed E-state index contributed by atoms with van der Waals surface area (Å²) in [5.74, 6) is 0.613. The number of amides is 2. The van der Waals surface area contributed by atoms with E-state index in [4.69, 9.17) is 4.74 Å². The Balaban J connectivity index is 1.69. The van der Waals surface area contributed by atoms with Crippen LogP contribution < -0.4 is 10.0 Å². The predicted octanol–water partition coefficient (Wildman–Crippen LogP) is 3.53. The highest BCUT2D eigenvalue weighted by atomic mass is 32.2. The summed E-state index contributed by atoms with van der Waals surface area (Å²) >= 11 is 0. The summed E-state index contributed by atoms with van der Waals surface area (Å²) in [6.07, 6.45) is 1.71. The number of hydrogen-bond donors (Lipinski definition) is 2. The van der Waals surface area contributed by atoms with Crippen molar-refractivity contribution < 1.29 is 17.9 Å². The van der Waals surface area contributed by atoms with E-state index in [1.807, 2.05) is 13.8 Å². The smallest absolute Gasteiger partial charge is 0.317 e. The summed E-state index contributed by atoms with van der Waals surface area (Å²) < 4.78 is 33.8. The molecule has 176 valence electrons. The number of carbonyl (C=O) groups excluding carboxylic acids is 1. The monoisotopic (exact) mass is 453 g/mol. The number of aryl methyl sites for hydroxylation is 1. The summed E-state index contributed by atoms with van der Waals surface area (Å²) in [6.45, 7) is 14.5. The van der Waals surface area contributed by atoms with Gasteiger partial charge in [0, 0.05) is 13.1 Å². The largest absolute Gasteiger partial charge is 0.369 e. The lowest BCUT2D eigenvalue weighted by molar-refractivity contribution is -0.124. The number of urea groups is 1. The number of sulfonamides is 1. The molecule has 31 heavy (non-hydrogen) atoms. The zero-order valence-corrected chi connectivity index (χ0v) is 20.6. The van der Waals surface area contributed by atoms with Gasteiger partial charge >= 0.3 is 6.03 Å². The van der Waals surface area contributed by atoms with E-state index >= 15 is 0 Å². The van der Waals surface area contributed by atoms with E-state index < -0.39 is 10.0 Å². The van der Waals surface area contributed by atoms with Gasteiger partial charge in [0.05, 0.1) is 29.7 Å². The van der Waals surface area contributed by atoms with Gasteiger partial charge in [-0.2, -0.15) is 0 Å². The van der Waals surface area contributed by atoms with E-state index in [1.54, 1.807) is 29.2 Å². The minimum Gasteiger partial charge on any atom is -0.369 e. The summed E-state index contributed by atoms with van der Waals surface area (Å²) in [7, 11) is -3.49. The quantitative estimate of drug-likeness (QED) is 0.536. The van der Waals surface area contributed by atoms with Crippen LogP contribution in [0.2, 0.25) is 0 Å². The van der Waals surface area contributed by atoms with Gasteiger partial charge in [-0.05, 0) is 57.6 Å². The summed E-state index contributed by atoms with van der Waals surface area (Å²) in [5, 5.41) is 2.92. The molecule has 0 saturated carbocycles. The van der Waals surface area contributed by atoms with Crippen LogP contribution in [0.15, 0.2) is 29.2 Å². The van der Waals surface area contributed by atoms with Crippen LogP contribution in [0, 0.1) is 18.8 Å². The Hall–Kier alpha value is -1.64. The molecule has 8 heteroatoms. The molecule has 0 aliphatic carbocycles. The lowest BCUT2D eigenvalue weighted by Gasteiger charge is -2.43. The van der Waals surface area contributed by atoms with Crippen LogP contribution >= 0.6 is 0 Å². The highest BCUT2D eigenvalue weighted by Crippen LogP contribution is 2.25. The molecule has 1 aromatic rings. The van der Waals surface area contributed by atoms with Crippen LogP contribution in [0.1, 0.15) is 53.0 Å². The number of ether oxygens (including phenoxy) is 1. The Morgan fingerprint density at radius 1 is 1.16 bits per heavy atom. The number of rotatable bonds is 11. The van der Waals surface area contributed by atoms with E-state index in [0.29, 0.717) is 37.0 Å². The topological polar surface area (TPSA) is 87.7 Å². The second-order valence-electron chi connectivity index (χ2n) is 9.79. The second kappa shape index (κ2) is 10.8. The van der Waals surface area contributed by atoms with Crippen molar-refractivity contribution in [2.24, 2.45) is 11.8 Å². The summed E-state index contributed by atoms with van der Waals surface area (Å²) in [5.41, 5.74) is 0.704. The van der Waals surface area contributed by atoms with Gasteiger partial charge in [0.2, 0.25) is 10.0 Å². The van der Waals surface area contributed by atoms with Crippen LogP contribution in [0.5, 0.6) is 0 Å². The number of carbonyl (C=O) groups is 1. The molecular weight excluding hydrogens is 414 g/mol.